The van der Waals surface area contributed by atoms with Crippen LogP contribution in [0.3, 0.4) is 0 Å². The van der Waals surface area contributed by atoms with Gasteiger partial charge in [-0.3, -0.25) is 9.69 Å². The molecule has 0 radical (unpaired) electrons. The van der Waals surface area contributed by atoms with Gasteiger partial charge in [0.25, 0.3) is 0 Å². The van der Waals surface area contributed by atoms with Crippen LogP contribution in [0.5, 0.6) is 0 Å². The first kappa shape index (κ1) is 28.4. The third kappa shape index (κ3) is 6.26. The topological polar surface area (TPSA) is 106 Å². The molecule has 1 aromatic carbocycles. The Balaban J connectivity index is 1.29. The molecule has 2 aromatic rings. The fourth-order valence-electron chi connectivity index (χ4n) is 5.71. The summed E-state index contributed by atoms with van der Waals surface area (Å²) in [5.74, 6) is -0.388. The van der Waals surface area contributed by atoms with Crippen LogP contribution in [0.25, 0.3) is 0 Å². The molecule has 2 bridgehead atoms. The summed E-state index contributed by atoms with van der Waals surface area (Å²) in [5.41, 5.74) is 1.16. The summed E-state index contributed by atoms with van der Waals surface area (Å²) >= 11 is 0. The molecule has 3 atom stereocenters. The molecule has 3 fully saturated rings. The van der Waals surface area contributed by atoms with Crippen LogP contribution < -0.4 is 15.5 Å². The number of nitrogens with zero attached hydrogens (tertiary/aromatic N) is 5. The third-order valence-corrected chi connectivity index (χ3v) is 7.89. The average Bonchev–Trinajstić information content (AvgIpc) is 3.41. The zero-order chi connectivity index (χ0) is 28.4. The molecular weight excluding hydrogens is 527 g/mol. The van der Waals surface area contributed by atoms with Gasteiger partial charge in [-0.05, 0) is 45.0 Å². The van der Waals surface area contributed by atoms with Crippen molar-refractivity contribution in [2.75, 3.05) is 68.5 Å². The number of anilines is 4. The minimum absolute atomic E-state index is 0.0214. The molecule has 1 aromatic heterocycles. The second-order valence-corrected chi connectivity index (χ2v) is 10.7. The summed E-state index contributed by atoms with van der Waals surface area (Å²) < 4.78 is 46.4. The molecule has 4 heterocycles. The van der Waals surface area contributed by atoms with Crippen molar-refractivity contribution in [1.82, 2.24) is 19.8 Å². The number of hydrogen-bond acceptors (Lipinski definition) is 9. The highest BCUT2D eigenvalue weighted by Gasteiger charge is 2.41. The molecule has 0 aliphatic carbocycles. The Labute approximate surface area is 231 Å². The number of hydrogen-bond donors (Lipinski definition) is 3. The van der Waals surface area contributed by atoms with E-state index in [0.717, 1.165) is 31.4 Å². The number of halogens is 3. The molecule has 5 rings (SSSR count). The molecule has 1 amide bonds. The highest BCUT2D eigenvalue weighted by Crippen LogP contribution is 2.38. The molecule has 0 saturated carbocycles. The lowest BCUT2D eigenvalue weighted by Gasteiger charge is -2.34. The number of aromatic nitrogens is 2. The molecular formula is C27H36F3N7O3. The van der Waals surface area contributed by atoms with Crippen LogP contribution in [-0.4, -0.2) is 95.9 Å². The standard InChI is InChI=1S/C27H36F3N7O3/c1-17(38)21-13-18(37-16-19-12-20(37)15-35(19)2)4-5-23(21)33-26-32-14-22(27(28,29)30)25(34-26)31-7-3-8-36-9-11-40-10-6-24(36)39/h4-5,13-14,17,19-20,38H,3,6-12,15-16H2,1-2H3,(H2,31,32,33,34)/t17?,19-,20-/m0/s1. The molecule has 218 valence electrons. The molecule has 10 nitrogen and oxygen atoms in total. The van der Waals surface area contributed by atoms with Crippen molar-refractivity contribution >= 4 is 29.0 Å². The number of rotatable bonds is 9. The monoisotopic (exact) mass is 563 g/mol. The smallest absolute Gasteiger partial charge is 0.389 e. The largest absolute Gasteiger partial charge is 0.421 e. The number of benzene rings is 1. The number of likely N-dealkylation sites (tertiary alicyclic amines) is 1. The number of likely N-dealkylation sites (N-methyl/N-ethyl adjacent to an activating group) is 1. The predicted octanol–water partition coefficient (Wildman–Crippen LogP) is 3.24. The normalized spacial score (nSPS) is 22.5. The quantitative estimate of drug-likeness (QED) is 0.397. The highest BCUT2D eigenvalue weighted by molar-refractivity contribution is 5.76. The lowest BCUT2D eigenvalue weighted by Crippen LogP contribution is -2.44. The number of aliphatic hydroxyl groups is 1. The minimum atomic E-state index is -4.64. The molecule has 0 spiro atoms. The lowest BCUT2D eigenvalue weighted by molar-refractivity contribution is -0.137. The molecule has 40 heavy (non-hydrogen) atoms. The fourth-order valence-corrected chi connectivity index (χ4v) is 5.71. The lowest BCUT2D eigenvalue weighted by atomic mass is 10.1. The van der Waals surface area contributed by atoms with Crippen LogP contribution in [0, 0.1) is 0 Å². The Kier molecular flexibility index (Phi) is 8.34. The van der Waals surface area contributed by atoms with Crippen LogP contribution in [-0.2, 0) is 15.7 Å². The summed E-state index contributed by atoms with van der Waals surface area (Å²) in [6, 6.07) is 6.62. The maximum absolute atomic E-state index is 13.7. The number of carbonyl (C=O) groups excluding carboxylic acids is 1. The van der Waals surface area contributed by atoms with Crippen LogP contribution in [0.15, 0.2) is 24.4 Å². The maximum atomic E-state index is 13.7. The van der Waals surface area contributed by atoms with E-state index in [2.05, 4.69) is 37.4 Å². The van der Waals surface area contributed by atoms with Crippen molar-refractivity contribution in [1.29, 1.82) is 0 Å². The number of nitrogens with one attached hydrogen (secondary N) is 2. The van der Waals surface area contributed by atoms with Gasteiger partial charge in [0.05, 0.1) is 25.7 Å². The molecule has 3 saturated heterocycles. The molecule has 1 unspecified atom stereocenters. The van der Waals surface area contributed by atoms with E-state index in [0.29, 0.717) is 62.5 Å². The van der Waals surface area contributed by atoms with E-state index < -0.39 is 17.8 Å². The Morgan fingerprint density at radius 1 is 1.23 bits per heavy atom. The highest BCUT2D eigenvalue weighted by atomic mass is 19.4. The van der Waals surface area contributed by atoms with Crippen molar-refractivity contribution in [3.63, 3.8) is 0 Å². The first-order valence-corrected chi connectivity index (χ1v) is 13.7. The maximum Gasteiger partial charge on any atom is 0.421 e. The van der Waals surface area contributed by atoms with Gasteiger partial charge in [-0.2, -0.15) is 18.2 Å². The van der Waals surface area contributed by atoms with Gasteiger partial charge in [0.1, 0.15) is 11.4 Å². The number of fused-ring (bicyclic) bond motifs is 2. The zero-order valence-corrected chi connectivity index (χ0v) is 22.7. The SMILES string of the molecule is CC(O)c1cc(N2C[C@@H]3C[C@H]2CN3C)ccc1Nc1ncc(C(F)(F)F)c(NCCCN2CCOCCC2=O)n1. The Morgan fingerprint density at radius 3 is 2.75 bits per heavy atom. The van der Waals surface area contributed by atoms with Gasteiger partial charge in [-0.25, -0.2) is 4.98 Å². The summed E-state index contributed by atoms with van der Waals surface area (Å²) in [4.78, 5) is 26.6. The second kappa shape index (κ2) is 11.8. The van der Waals surface area contributed by atoms with E-state index in [-0.39, 0.29) is 24.2 Å². The fraction of sp³-hybridized carbons (Fsp3) is 0.593. The van der Waals surface area contributed by atoms with Crippen molar-refractivity contribution < 1.29 is 27.8 Å². The number of aliphatic hydroxyl groups excluding tert-OH is 1. The molecule has 3 N–H and O–H groups in total. The number of piperazine rings is 1. The van der Waals surface area contributed by atoms with Crippen molar-refractivity contribution in [3.8, 4) is 0 Å². The minimum Gasteiger partial charge on any atom is -0.389 e. The third-order valence-electron chi connectivity index (χ3n) is 7.89. The van der Waals surface area contributed by atoms with Gasteiger partial charge in [0, 0.05) is 67.9 Å². The molecule has 3 aliphatic heterocycles. The summed E-state index contributed by atoms with van der Waals surface area (Å²) in [6.45, 7) is 5.46. The van der Waals surface area contributed by atoms with Gasteiger partial charge >= 0.3 is 6.18 Å². The van der Waals surface area contributed by atoms with Crippen LogP contribution in [0.4, 0.5) is 36.3 Å². The van der Waals surface area contributed by atoms with Crippen molar-refractivity contribution in [2.24, 2.45) is 0 Å². The van der Waals surface area contributed by atoms with Gasteiger partial charge in [0.15, 0.2) is 0 Å². The predicted molar refractivity (Wildman–Crippen MR) is 145 cm³/mol. The van der Waals surface area contributed by atoms with Crippen LogP contribution in [0.1, 0.15) is 43.4 Å². The Hall–Kier alpha value is -3.16. The Bertz CT molecular complexity index is 1210. The van der Waals surface area contributed by atoms with E-state index in [1.54, 1.807) is 11.8 Å². The van der Waals surface area contributed by atoms with Gasteiger partial charge in [-0.1, -0.05) is 0 Å². The summed E-state index contributed by atoms with van der Waals surface area (Å²) in [7, 11) is 2.13. The van der Waals surface area contributed by atoms with E-state index in [4.69, 9.17) is 4.74 Å². The zero-order valence-electron chi connectivity index (χ0n) is 22.7. The number of ether oxygens (including phenoxy) is 1. The first-order chi connectivity index (χ1) is 19.1. The number of amides is 1. The van der Waals surface area contributed by atoms with E-state index >= 15 is 0 Å². The number of alkyl halides is 3. The first-order valence-electron chi connectivity index (χ1n) is 13.7. The van der Waals surface area contributed by atoms with Crippen LogP contribution >= 0.6 is 0 Å². The second-order valence-electron chi connectivity index (χ2n) is 10.7. The van der Waals surface area contributed by atoms with Crippen molar-refractivity contribution in [2.45, 2.75) is 50.6 Å². The molecule has 3 aliphatic rings. The summed E-state index contributed by atoms with van der Waals surface area (Å²) in [5, 5.41) is 16.3. The van der Waals surface area contributed by atoms with Gasteiger partial charge < -0.3 is 30.3 Å². The Morgan fingerprint density at radius 2 is 2.05 bits per heavy atom. The average molecular weight is 564 g/mol. The summed E-state index contributed by atoms with van der Waals surface area (Å²) in [6.07, 6.45) is -2.85. The van der Waals surface area contributed by atoms with E-state index in [1.165, 1.54) is 0 Å². The van der Waals surface area contributed by atoms with Crippen molar-refractivity contribution in [3.05, 3.63) is 35.5 Å². The van der Waals surface area contributed by atoms with Crippen LogP contribution in [0.2, 0.25) is 0 Å². The molecule has 13 heteroatoms. The number of carbonyl (C=O) groups is 1. The van der Waals surface area contributed by atoms with Gasteiger partial charge in [-0.15, -0.1) is 0 Å². The van der Waals surface area contributed by atoms with Gasteiger partial charge in [0.2, 0.25) is 11.9 Å². The van der Waals surface area contributed by atoms with E-state index in [1.807, 2.05) is 18.2 Å². The van der Waals surface area contributed by atoms with E-state index in [9.17, 15) is 23.1 Å².